The van der Waals surface area contributed by atoms with Crippen LogP contribution in [0, 0.1) is 0 Å². The van der Waals surface area contributed by atoms with Gasteiger partial charge < -0.3 is 5.73 Å². The fourth-order valence-corrected chi connectivity index (χ4v) is 2.74. The molecule has 0 fully saturated rings. The summed E-state index contributed by atoms with van der Waals surface area (Å²) in [6.45, 7) is 3.62. The maximum atomic E-state index is 12.2. The molecule has 2 aromatic carbocycles. The average molecular weight is 274 g/mol. The molecular weight excluding hydrogens is 260 g/mol. The third-order valence-corrected chi connectivity index (χ3v) is 3.97. The molecule has 0 atom stereocenters. The van der Waals surface area contributed by atoms with Gasteiger partial charge in [-0.1, -0.05) is 36.9 Å². The lowest BCUT2D eigenvalue weighted by Gasteiger charge is -2.10. The zero-order valence-corrected chi connectivity index (χ0v) is 11.0. The predicted octanol–water partition coefficient (Wildman–Crippen LogP) is 2.71. The minimum atomic E-state index is -3.65. The zero-order valence-electron chi connectivity index (χ0n) is 10.2. The Morgan fingerprint density at radius 1 is 1.11 bits per heavy atom. The molecule has 4 nitrogen and oxygen atoms in total. The van der Waals surface area contributed by atoms with E-state index in [-0.39, 0.29) is 4.90 Å². The van der Waals surface area contributed by atoms with Gasteiger partial charge in [-0.15, -0.1) is 0 Å². The Kier molecular flexibility index (Phi) is 3.57. The van der Waals surface area contributed by atoms with Crippen molar-refractivity contribution in [2.45, 2.75) is 4.90 Å². The van der Waals surface area contributed by atoms with E-state index in [0.717, 1.165) is 5.56 Å². The Labute approximate surface area is 112 Å². The van der Waals surface area contributed by atoms with Gasteiger partial charge >= 0.3 is 0 Å². The predicted molar refractivity (Wildman–Crippen MR) is 78.2 cm³/mol. The second-order valence-electron chi connectivity index (χ2n) is 3.97. The second kappa shape index (κ2) is 5.16. The number of nitrogens with one attached hydrogen (secondary N) is 1. The van der Waals surface area contributed by atoms with E-state index in [4.69, 9.17) is 5.73 Å². The molecule has 2 aromatic rings. The first-order valence-corrected chi connectivity index (χ1v) is 7.11. The molecule has 0 saturated heterocycles. The summed E-state index contributed by atoms with van der Waals surface area (Å²) < 4.78 is 26.9. The van der Waals surface area contributed by atoms with E-state index in [1.807, 2.05) is 0 Å². The van der Waals surface area contributed by atoms with Crippen LogP contribution in [-0.4, -0.2) is 8.42 Å². The maximum Gasteiger partial charge on any atom is 0.261 e. The van der Waals surface area contributed by atoms with Gasteiger partial charge in [-0.2, -0.15) is 0 Å². The summed E-state index contributed by atoms with van der Waals surface area (Å²) in [6, 6.07) is 13.2. The Morgan fingerprint density at radius 3 is 2.53 bits per heavy atom. The number of hydrogen-bond donors (Lipinski definition) is 2. The van der Waals surface area contributed by atoms with Gasteiger partial charge in [0.05, 0.1) is 16.3 Å². The van der Waals surface area contributed by atoms with Crippen LogP contribution in [0.4, 0.5) is 11.4 Å². The molecule has 0 amide bonds. The fourth-order valence-electron chi connectivity index (χ4n) is 1.60. The average Bonchev–Trinajstić information content (AvgIpc) is 2.41. The lowest BCUT2D eigenvalue weighted by atomic mass is 10.2. The Hall–Kier alpha value is -2.27. The van der Waals surface area contributed by atoms with Gasteiger partial charge in [0.2, 0.25) is 0 Å². The lowest BCUT2D eigenvalue weighted by Crippen LogP contribution is -2.14. The zero-order chi connectivity index (χ0) is 13.9. The van der Waals surface area contributed by atoms with Crippen molar-refractivity contribution in [3.8, 4) is 0 Å². The number of nitrogens with two attached hydrogens (primary N) is 1. The SMILES string of the molecule is C=Cc1cccc(S(=O)(=O)Nc2ccccc2N)c1. The fraction of sp³-hybridized carbons (Fsp3) is 0. The number of para-hydroxylation sites is 2. The second-order valence-corrected chi connectivity index (χ2v) is 5.65. The summed E-state index contributed by atoms with van der Waals surface area (Å²) in [4.78, 5) is 0.174. The number of anilines is 2. The number of hydrogen-bond acceptors (Lipinski definition) is 3. The highest BCUT2D eigenvalue weighted by Gasteiger charge is 2.15. The number of benzene rings is 2. The van der Waals surface area contributed by atoms with Crippen LogP contribution in [0.1, 0.15) is 5.56 Å². The summed E-state index contributed by atoms with van der Waals surface area (Å²) in [6.07, 6.45) is 1.59. The Balaban J connectivity index is 2.38. The minimum absolute atomic E-state index is 0.174. The van der Waals surface area contributed by atoms with E-state index >= 15 is 0 Å². The van der Waals surface area contributed by atoms with Crippen LogP contribution in [0.25, 0.3) is 6.08 Å². The van der Waals surface area contributed by atoms with Crippen LogP contribution in [-0.2, 0) is 10.0 Å². The number of rotatable bonds is 4. The molecule has 5 heteroatoms. The topological polar surface area (TPSA) is 72.2 Å². The van der Waals surface area contributed by atoms with Crippen LogP contribution in [0.2, 0.25) is 0 Å². The van der Waals surface area contributed by atoms with Crippen molar-refractivity contribution < 1.29 is 8.42 Å². The monoisotopic (exact) mass is 274 g/mol. The summed E-state index contributed by atoms with van der Waals surface area (Å²) in [5, 5.41) is 0. The number of nitrogen functional groups attached to an aromatic ring is 1. The standard InChI is InChI=1S/C14H14N2O2S/c1-2-11-6-5-7-12(10-11)19(17,18)16-14-9-4-3-8-13(14)15/h2-10,16H,1,15H2. The van der Waals surface area contributed by atoms with Gasteiger partial charge in [0.25, 0.3) is 10.0 Å². The van der Waals surface area contributed by atoms with E-state index in [1.165, 1.54) is 6.07 Å². The van der Waals surface area contributed by atoms with Crippen LogP contribution in [0.3, 0.4) is 0 Å². The van der Waals surface area contributed by atoms with E-state index in [9.17, 15) is 8.42 Å². The summed E-state index contributed by atoms with van der Waals surface area (Å²) in [7, 11) is -3.65. The summed E-state index contributed by atoms with van der Waals surface area (Å²) in [5.41, 5.74) is 7.21. The van der Waals surface area contributed by atoms with Gasteiger partial charge in [-0.3, -0.25) is 4.72 Å². The molecular formula is C14H14N2O2S. The minimum Gasteiger partial charge on any atom is -0.397 e. The highest BCUT2D eigenvalue weighted by Crippen LogP contribution is 2.22. The molecule has 0 unspecified atom stereocenters. The molecule has 0 aliphatic carbocycles. The van der Waals surface area contributed by atoms with Crippen molar-refractivity contribution in [1.29, 1.82) is 0 Å². The highest BCUT2D eigenvalue weighted by molar-refractivity contribution is 7.92. The van der Waals surface area contributed by atoms with Crippen molar-refractivity contribution in [2.24, 2.45) is 0 Å². The molecule has 0 bridgehead atoms. The molecule has 0 heterocycles. The number of sulfonamides is 1. The molecule has 0 aromatic heterocycles. The van der Waals surface area contributed by atoms with Crippen molar-refractivity contribution in [2.75, 3.05) is 10.5 Å². The van der Waals surface area contributed by atoms with Crippen molar-refractivity contribution in [3.63, 3.8) is 0 Å². The van der Waals surface area contributed by atoms with Gasteiger partial charge in [-0.05, 0) is 29.8 Å². The van der Waals surface area contributed by atoms with Crippen molar-refractivity contribution in [1.82, 2.24) is 0 Å². The molecule has 2 rings (SSSR count). The third kappa shape index (κ3) is 2.95. The van der Waals surface area contributed by atoms with Crippen molar-refractivity contribution >= 4 is 27.5 Å². The summed E-state index contributed by atoms with van der Waals surface area (Å²) >= 11 is 0. The first-order chi connectivity index (χ1) is 9.03. The molecule has 98 valence electrons. The summed E-state index contributed by atoms with van der Waals surface area (Å²) in [5.74, 6) is 0. The maximum absolute atomic E-state index is 12.2. The normalized spacial score (nSPS) is 10.9. The first-order valence-electron chi connectivity index (χ1n) is 5.63. The third-order valence-electron chi connectivity index (χ3n) is 2.61. The molecule has 19 heavy (non-hydrogen) atoms. The Bertz CT molecular complexity index is 709. The molecule has 0 aliphatic heterocycles. The van der Waals surface area contributed by atoms with E-state index in [1.54, 1.807) is 48.5 Å². The molecule has 0 spiro atoms. The van der Waals surface area contributed by atoms with Crippen LogP contribution in [0.15, 0.2) is 60.0 Å². The Morgan fingerprint density at radius 2 is 1.84 bits per heavy atom. The molecule has 0 aliphatic rings. The van der Waals surface area contributed by atoms with Gasteiger partial charge in [0, 0.05) is 0 Å². The van der Waals surface area contributed by atoms with Crippen LogP contribution >= 0.6 is 0 Å². The van der Waals surface area contributed by atoms with Crippen LogP contribution in [0.5, 0.6) is 0 Å². The quantitative estimate of drug-likeness (QED) is 0.842. The first kappa shape index (κ1) is 13.2. The van der Waals surface area contributed by atoms with E-state index in [0.29, 0.717) is 11.4 Å². The highest BCUT2D eigenvalue weighted by atomic mass is 32.2. The van der Waals surface area contributed by atoms with E-state index in [2.05, 4.69) is 11.3 Å². The van der Waals surface area contributed by atoms with Gasteiger partial charge in [-0.25, -0.2) is 8.42 Å². The largest absolute Gasteiger partial charge is 0.397 e. The lowest BCUT2D eigenvalue weighted by molar-refractivity contribution is 0.601. The van der Waals surface area contributed by atoms with E-state index < -0.39 is 10.0 Å². The molecule has 3 N–H and O–H groups in total. The van der Waals surface area contributed by atoms with Gasteiger partial charge in [0.15, 0.2) is 0 Å². The molecule has 0 saturated carbocycles. The molecule has 0 radical (unpaired) electrons. The van der Waals surface area contributed by atoms with Crippen LogP contribution < -0.4 is 10.5 Å². The smallest absolute Gasteiger partial charge is 0.261 e. The van der Waals surface area contributed by atoms with Gasteiger partial charge in [0.1, 0.15) is 0 Å². The van der Waals surface area contributed by atoms with Crippen molar-refractivity contribution in [3.05, 3.63) is 60.7 Å².